The van der Waals surface area contributed by atoms with Gasteiger partial charge in [0, 0.05) is 13.1 Å². The number of aromatic nitrogens is 4. The molecule has 3 heterocycles. The van der Waals surface area contributed by atoms with Gasteiger partial charge in [-0.1, -0.05) is 10.1 Å². The minimum atomic E-state index is -0.0687. The molecule has 1 aliphatic rings. The van der Waals surface area contributed by atoms with Crippen LogP contribution in [0, 0.1) is 4.91 Å². The fraction of sp³-hybridized carbons (Fsp3) is 0.583. The van der Waals surface area contributed by atoms with Crippen molar-refractivity contribution in [3.8, 4) is 0 Å². The van der Waals surface area contributed by atoms with Crippen LogP contribution in [0.2, 0.25) is 0 Å². The molecule has 0 saturated carbocycles. The normalized spacial score (nSPS) is 18.8. The first-order valence-electron chi connectivity index (χ1n) is 6.64. The Bertz CT molecular complexity index is 643. The van der Waals surface area contributed by atoms with E-state index in [-0.39, 0.29) is 6.29 Å². The summed E-state index contributed by atoms with van der Waals surface area (Å²) in [7, 11) is 3.98. The van der Waals surface area contributed by atoms with Gasteiger partial charge in [0.05, 0.1) is 17.8 Å². The molecule has 8 heteroatoms. The monoisotopic (exact) mass is 279 g/mol. The van der Waals surface area contributed by atoms with Crippen molar-refractivity contribution in [3.63, 3.8) is 0 Å². The van der Waals surface area contributed by atoms with Crippen LogP contribution in [-0.2, 0) is 4.74 Å². The summed E-state index contributed by atoms with van der Waals surface area (Å²) in [6, 6.07) is 3.73. The van der Waals surface area contributed by atoms with Gasteiger partial charge in [-0.05, 0) is 26.2 Å². The summed E-state index contributed by atoms with van der Waals surface area (Å²) < 4.78 is 7.95. The number of fused-ring (bicyclic) bond motifs is 1. The minimum absolute atomic E-state index is 0.0687. The Labute approximate surface area is 116 Å². The Hall–Kier alpha value is -1.77. The molecule has 0 amide bonds. The molecular weight excluding hydrogens is 260 g/mol. The van der Waals surface area contributed by atoms with Crippen molar-refractivity contribution in [1.29, 1.82) is 0 Å². The Balaban J connectivity index is 2.07. The highest BCUT2D eigenvalue weighted by Crippen LogP contribution is 2.19. The number of hydrogen-bond donors (Lipinski definition) is 1. The molecule has 8 nitrogen and oxygen atoms in total. The van der Waals surface area contributed by atoms with Crippen LogP contribution in [0.15, 0.2) is 18.3 Å². The first-order chi connectivity index (χ1) is 9.68. The number of aromatic amines is 1. The zero-order valence-corrected chi connectivity index (χ0v) is 11.7. The van der Waals surface area contributed by atoms with E-state index < -0.39 is 0 Å². The number of H-pyrrole nitrogens is 1. The number of hydrogen-bond acceptors (Lipinski definition) is 5. The van der Waals surface area contributed by atoms with Crippen molar-refractivity contribution in [1.82, 2.24) is 24.7 Å². The first kappa shape index (κ1) is 13.2. The Morgan fingerprint density at radius 2 is 2.20 bits per heavy atom. The van der Waals surface area contributed by atoms with Gasteiger partial charge in [-0.2, -0.15) is 4.68 Å². The Morgan fingerprint density at radius 1 is 1.45 bits per heavy atom. The van der Waals surface area contributed by atoms with Crippen LogP contribution in [-0.4, -0.2) is 65.1 Å². The van der Waals surface area contributed by atoms with E-state index in [0.29, 0.717) is 23.4 Å². The molecular formula is C12H19N6O2+. The van der Waals surface area contributed by atoms with Crippen molar-refractivity contribution < 1.29 is 9.28 Å². The van der Waals surface area contributed by atoms with Crippen LogP contribution >= 0.6 is 0 Å². The zero-order valence-electron chi connectivity index (χ0n) is 11.7. The Kier molecular flexibility index (Phi) is 3.51. The van der Waals surface area contributed by atoms with Gasteiger partial charge in [-0.25, -0.2) is 0 Å². The minimum Gasteiger partial charge on any atom is -0.379 e. The molecule has 0 aromatic carbocycles. The van der Waals surface area contributed by atoms with Crippen molar-refractivity contribution in [2.45, 2.75) is 6.29 Å². The fourth-order valence-electron chi connectivity index (χ4n) is 2.64. The molecule has 1 fully saturated rings. The topological polar surface area (TPSA) is 72.3 Å². The summed E-state index contributed by atoms with van der Waals surface area (Å²) in [6.45, 7) is 3.07. The van der Waals surface area contributed by atoms with Crippen molar-refractivity contribution in [3.05, 3.63) is 23.2 Å². The number of nitrogens with zero attached hydrogens (tertiary/aromatic N) is 5. The second-order valence-electron chi connectivity index (χ2n) is 5.07. The molecule has 2 aromatic heterocycles. The van der Waals surface area contributed by atoms with Crippen LogP contribution in [0.3, 0.4) is 0 Å². The molecule has 0 spiro atoms. The number of rotatable bonds is 3. The smallest absolute Gasteiger partial charge is 0.367 e. The molecule has 1 N–H and O–H groups in total. The summed E-state index contributed by atoms with van der Waals surface area (Å²) in [6.07, 6.45) is 1.55. The van der Waals surface area contributed by atoms with Gasteiger partial charge >= 0.3 is 5.65 Å². The van der Waals surface area contributed by atoms with Gasteiger partial charge in [0.15, 0.2) is 0 Å². The molecule has 108 valence electrons. The third kappa shape index (κ3) is 2.21. The van der Waals surface area contributed by atoms with Crippen LogP contribution in [0.25, 0.3) is 11.2 Å². The summed E-state index contributed by atoms with van der Waals surface area (Å²) in [4.78, 5) is 20.4. The molecule has 2 aromatic rings. The number of pyridine rings is 1. The van der Waals surface area contributed by atoms with Crippen molar-refractivity contribution >= 4 is 11.2 Å². The molecule has 0 bridgehead atoms. The fourth-order valence-corrected chi connectivity index (χ4v) is 2.64. The van der Waals surface area contributed by atoms with Crippen LogP contribution < -0.4 is 4.54 Å². The zero-order chi connectivity index (χ0) is 14.1. The average Bonchev–Trinajstić information content (AvgIpc) is 2.78. The summed E-state index contributed by atoms with van der Waals surface area (Å²) in [5.41, 5.74) is 1.18. The SMILES string of the molecule is CN(C)C(N1CCOCC1)n1[nH][n+](=O)c2ncccc21. The quantitative estimate of drug-likeness (QED) is 0.776. The van der Waals surface area contributed by atoms with Gasteiger partial charge in [-0.15, -0.1) is 4.98 Å². The molecule has 1 saturated heterocycles. The van der Waals surface area contributed by atoms with Crippen molar-refractivity contribution in [2.75, 3.05) is 40.4 Å². The van der Waals surface area contributed by atoms with Crippen LogP contribution in [0.1, 0.15) is 6.29 Å². The lowest BCUT2D eigenvalue weighted by Crippen LogP contribution is -2.47. The van der Waals surface area contributed by atoms with Crippen LogP contribution in [0.4, 0.5) is 0 Å². The van der Waals surface area contributed by atoms with E-state index in [1.807, 2.05) is 30.9 Å². The van der Waals surface area contributed by atoms with E-state index in [9.17, 15) is 4.91 Å². The molecule has 1 aliphatic heterocycles. The predicted octanol–water partition coefficient (Wildman–Crippen LogP) is -0.371. The predicted molar refractivity (Wildman–Crippen MR) is 72.6 cm³/mol. The second-order valence-corrected chi connectivity index (χ2v) is 5.07. The molecule has 3 rings (SSSR count). The third-order valence-electron chi connectivity index (χ3n) is 3.48. The highest BCUT2D eigenvalue weighted by molar-refractivity contribution is 5.65. The van der Waals surface area contributed by atoms with E-state index in [1.54, 1.807) is 6.20 Å². The molecule has 1 atom stereocenters. The summed E-state index contributed by atoms with van der Waals surface area (Å²) in [5.74, 6) is 0. The summed E-state index contributed by atoms with van der Waals surface area (Å²) >= 11 is 0. The van der Waals surface area contributed by atoms with Gasteiger partial charge in [0.2, 0.25) is 11.8 Å². The standard InChI is InChI=1S/C12H19N6O2/c1-15(2)12(16-6-8-20-9-7-16)17-10-4-3-5-13-11(10)18(19)14-17/h3-5,12H,6-9H2,1-2H3,(H,14,19)/q+1. The maximum absolute atomic E-state index is 11.9. The molecule has 20 heavy (non-hydrogen) atoms. The maximum Gasteiger partial charge on any atom is 0.367 e. The largest absolute Gasteiger partial charge is 0.379 e. The molecule has 1 unspecified atom stereocenters. The van der Waals surface area contributed by atoms with Gasteiger partial charge in [-0.3, -0.25) is 9.80 Å². The lowest BCUT2D eigenvalue weighted by atomic mass is 10.4. The highest BCUT2D eigenvalue weighted by atomic mass is 16.5. The van der Waals surface area contributed by atoms with E-state index >= 15 is 0 Å². The van der Waals surface area contributed by atoms with E-state index in [2.05, 4.69) is 20.0 Å². The molecule has 0 radical (unpaired) electrons. The van der Waals surface area contributed by atoms with Crippen molar-refractivity contribution in [2.24, 2.45) is 0 Å². The number of nitrogens with one attached hydrogen (secondary N) is 1. The highest BCUT2D eigenvalue weighted by Gasteiger charge is 2.30. The third-order valence-corrected chi connectivity index (χ3v) is 3.48. The van der Waals surface area contributed by atoms with E-state index in [4.69, 9.17) is 4.74 Å². The van der Waals surface area contributed by atoms with Gasteiger partial charge < -0.3 is 4.74 Å². The molecule has 0 aliphatic carbocycles. The first-order valence-corrected chi connectivity index (χ1v) is 6.64. The average molecular weight is 279 g/mol. The lowest BCUT2D eigenvalue weighted by Gasteiger charge is -2.35. The van der Waals surface area contributed by atoms with E-state index in [0.717, 1.165) is 18.6 Å². The van der Waals surface area contributed by atoms with Gasteiger partial charge in [0.25, 0.3) is 0 Å². The number of morpholine rings is 1. The maximum atomic E-state index is 11.9. The second kappa shape index (κ2) is 5.31. The van der Waals surface area contributed by atoms with Gasteiger partial charge in [0.1, 0.15) is 6.20 Å². The lowest BCUT2D eigenvalue weighted by molar-refractivity contribution is -0.544. The van der Waals surface area contributed by atoms with Crippen LogP contribution in [0.5, 0.6) is 0 Å². The number of ether oxygens (including phenoxy) is 1. The summed E-state index contributed by atoms with van der Waals surface area (Å²) in [5, 5.41) is 2.82. The Morgan fingerprint density at radius 3 is 2.90 bits per heavy atom. The van der Waals surface area contributed by atoms with E-state index in [1.165, 1.54) is 0 Å².